The van der Waals surface area contributed by atoms with Crippen LogP contribution in [-0.4, -0.2) is 18.1 Å². The van der Waals surface area contributed by atoms with Crippen LogP contribution in [0.5, 0.6) is 0 Å². The standard InChI is InChI=1S/C16H17NO2S/c1-11-8-12(2)17-15(9-11)20-10-13-4-6-14(7-5-13)16(18)19-3/h4-9H,10H2,1-3H3. The lowest BCUT2D eigenvalue weighted by atomic mass is 10.1. The number of benzene rings is 1. The van der Waals surface area contributed by atoms with Gasteiger partial charge in [-0.1, -0.05) is 12.1 Å². The summed E-state index contributed by atoms with van der Waals surface area (Å²) in [6.07, 6.45) is 0. The second-order valence-corrected chi connectivity index (χ2v) is 5.60. The molecular formula is C16H17NO2S. The molecule has 0 saturated heterocycles. The molecule has 0 spiro atoms. The highest BCUT2D eigenvalue weighted by molar-refractivity contribution is 7.98. The molecule has 0 amide bonds. The largest absolute Gasteiger partial charge is 0.465 e. The molecule has 0 fully saturated rings. The van der Waals surface area contributed by atoms with Crippen LogP contribution in [0.3, 0.4) is 0 Å². The van der Waals surface area contributed by atoms with E-state index in [0.717, 1.165) is 22.0 Å². The van der Waals surface area contributed by atoms with Crippen molar-refractivity contribution < 1.29 is 9.53 Å². The van der Waals surface area contributed by atoms with E-state index in [-0.39, 0.29) is 5.97 Å². The van der Waals surface area contributed by atoms with Gasteiger partial charge in [-0.05, 0) is 49.2 Å². The SMILES string of the molecule is COC(=O)c1ccc(CSc2cc(C)cc(C)n2)cc1. The minimum Gasteiger partial charge on any atom is -0.465 e. The van der Waals surface area contributed by atoms with Crippen molar-refractivity contribution in [1.82, 2.24) is 4.98 Å². The van der Waals surface area contributed by atoms with Crippen molar-refractivity contribution in [3.8, 4) is 0 Å². The number of ether oxygens (including phenoxy) is 1. The monoisotopic (exact) mass is 287 g/mol. The number of hydrogen-bond acceptors (Lipinski definition) is 4. The summed E-state index contributed by atoms with van der Waals surface area (Å²) in [5.74, 6) is 0.525. The van der Waals surface area contributed by atoms with E-state index in [9.17, 15) is 4.79 Å². The maximum Gasteiger partial charge on any atom is 0.337 e. The van der Waals surface area contributed by atoms with E-state index in [1.807, 2.05) is 19.1 Å². The van der Waals surface area contributed by atoms with Gasteiger partial charge in [0, 0.05) is 11.4 Å². The molecule has 0 aliphatic carbocycles. The number of methoxy groups -OCH3 is 1. The third-order valence-electron chi connectivity index (χ3n) is 2.84. The Hall–Kier alpha value is -1.81. The van der Waals surface area contributed by atoms with Gasteiger partial charge in [-0.3, -0.25) is 0 Å². The Morgan fingerprint density at radius 3 is 2.50 bits per heavy atom. The average molecular weight is 287 g/mol. The van der Waals surface area contributed by atoms with Crippen LogP contribution in [0.15, 0.2) is 41.4 Å². The smallest absolute Gasteiger partial charge is 0.337 e. The normalized spacial score (nSPS) is 10.3. The Bertz CT molecular complexity index is 588. The third kappa shape index (κ3) is 3.84. The lowest BCUT2D eigenvalue weighted by Gasteiger charge is -2.05. The first-order valence-corrected chi connectivity index (χ1v) is 7.32. The van der Waals surface area contributed by atoms with Gasteiger partial charge in [0.25, 0.3) is 0 Å². The lowest BCUT2D eigenvalue weighted by Crippen LogP contribution is -2.00. The number of esters is 1. The summed E-state index contributed by atoms with van der Waals surface area (Å²) in [6, 6.07) is 11.6. The van der Waals surface area contributed by atoms with Crippen molar-refractivity contribution in [2.45, 2.75) is 24.6 Å². The molecule has 0 aliphatic rings. The summed E-state index contributed by atoms with van der Waals surface area (Å²) >= 11 is 1.69. The zero-order valence-electron chi connectivity index (χ0n) is 11.8. The Morgan fingerprint density at radius 1 is 1.20 bits per heavy atom. The maximum atomic E-state index is 11.3. The number of aryl methyl sites for hydroxylation is 2. The summed E-state index contributed by atoms with van der Waals surface area (Å²) in [5.41, 5.74) is 3.99. The van der Waals surface area contributed by atoms with Crippen molar-refractivity contribution in [3.63, 3.8) is 0 Å². The molecule has 2 aromatic rings. The second-order valence-electron chi connectivity index (χ2n) is 4.60. The number of aromatic nitrogens is 1. The van der Waals surface area contributed by atoms with Crippen molar-refractivity contribution in [1.29, 1.82) is 0 Å². The first kappa shape index (κ1) is 14.6. The molecule has 3 nitrogen and oxygen atoms in total. The number of nitrogens with zero attached hydrogens (tertiary/aromatic N) is 1. The van der Waals surface area contributed by atoms with Crippen LogP contribution in [0, 0.1) is 13.8 Å². The van der Waals surface area contributed by atoms with Gasteiger partial charge in [0.15, 0.2) is 0 Å². The molecule has 1 aromatic heterocycles. The summed E-state index contributed by atoms with van der Waals surface area (Å²) in [4.78, 5) is 15.8. The Morgan fingerprint density at radius 2 is 1.90 bits per heavy atom. The number of pyridine rings is 1. The maximum absolute atomic E-state index is 11.3. The molecule has 0 radical (unpaired) electrons. The third-order valence-corrected chi connectivity index (χ3v) is 3.82. The summed E-state index contributed by atoms with van der Waals surface area (Å²) in [7, 11) is 1.39. The molecule has 1 heterocycles. The van der Waals surface area contributed by atoms with Gasteiger partial charge in [-0.15, -0.1) is 11.8 Å². The van der Waals surface area contributed by atoms with Gasteiger partial charge in [0.2, 0.25) is 0 Å². The highest BCUT2D eigenvalue weighted by Gasteiger charge is 2.05. The molecule has 0 atom stereocenters. The summed E-state index contributed by atoms with van der Waals surface area (Å²) < 4.78 is 4.68. The molecule has 0 bridgehead atoms. The fourth-order valence-electron chi connectivity index (χ4n) is 1.89. The molecule has 2 rings (SSSR count). The van der Waals surface area contributed by atoms with E-state index in [1.165, 1.54) is 12.7 Å². The second kappa shape index (κ2) is 6.57. The van der Waals surface area contributed by atoms with Crippen LogP contribution in [-0.2, 0) is 10.5 Å². The van der Waals surface area contributed by atoms with Crippen LogP contribution >= 0.6 is 11.8 Å². The number of carbonyl (C=O) groups is 1. The average Bonchev–Trinajstić information content (AvgIpc) is 2.44. The molecule has 0 aliphatic heterocycles. The lowest BCUT2D eigenvalue weighted by molar-refractivity contribution is 0.0600. The number of rotatable bonds is 4. The number of hydrogen-bond donors (Lipinski definition) is 0. The minimum atomic E-state index is -0.305. The molecule has 20 heavy (non-hydrogen) atoms. The van der Waals surface area contributed by atoms with Crippen LogP contribution in [0.2, 0.25) is 0 Å². The zero-order valence-corrected chi connectivity index (χ0v) is 12.7. The predicted molar refractivity (Wildman–Crippen MR) is 81.1 cm³/mol. The van der Waals surface area contributed by atoms with E-state index in [1.54, 1.807) is 23.9 Å². The fraction of sp³-hybridized carbons (Fsp3) is 0.250. The Labute approximate surface area is 123 Å². The zero-order chi connectivity index (χ0) is 14.5. The fourth-order valence-corrected chi connectivity index (χ4v) is 2.88. The topological polar surface area (TPSA) is 39.2 Å². The summed E-state index contributed by atoms with van der Waals surface area (Å²) in [5, 5.41) is 1.03. The molecule has 4 heteroatoms. The van der Waals surface area contributed by atoms with Gasteiger partial charge in [0.1, 0.15) is 0 Å². The van der Waals surface area contributed by atoms with E-state index in [4.69, 9.17) is 0 Å². The van der Waals surface area contributed by atoms with Gasteiger partial charge in [-0.2, -0.15) is 0 Å². The van der Waals surface area contributed by atoms with Crippen LogP contribution in [0.4, 0.5) is 0 Å². The van der Waals surface area contributed by atoms with Crippen LogP contribution in [0.1, 0.15) is 27.2 Å². The van der Waals surface area contributed by atoms with Gasteiger partial charge in [0.05, 0.1) is 17.7 Å². The van der Waals surface area contributed by atoms with Crippen LogP contribution < -0.4 is 0 Å². The summed E-state index contributed by atoms with van der Waals surface area (Å²) in [6.45, 7) is 4.08. The highest BCUT2D eigenvalue weighted by Crippen LogP contribution is 2.22. The van der Waals surface area contributed by atoms with E-state index in [0.29, 0.717) is 5.56 Å². The van der Waals surface area contributed by atoms with Crippen molar-refractivity contribution in [2.24, 2.45) is 0 Å². The Kier molecular flexibility index (Phi) is 4.79. The highest BCUT2D eigenvalue weighted by atomic mass is 32.2. The quantitative estimate of drug-likeness (QED) is 0.634. The number of thioether (sulfide) groups is 1. The molecule has 104 valence electrons. The van der Waals surface area contributed by atoms with E-state index in [2.05, 4.69) is 28.8 Å². The van der Waals surface area contributed by atoms with E-state index >= 15 is 0 Å². The van der Waals surface area contributed by atoms with Crippen molar-refractivity contribution in [2.75, 3.05) is 7.11 Å². The predicted octanol–water partition coefficient (Wildman–Crippen LogP) is 3.78. The van der Waals surface area contributed by atoms with Gasteiger partial charge < -0.3 is 4.74 Å². The molecule has 0 saturated carbocycles. The van der Waals surface area contributed by atoms with Gasteiger partial charge >= 0.3 is 5.97 Å². The first-order chi connectivity index (χ1) is 9.58. The van der Waals surface area contributed by atoms with Gasteiger partial charge in [-0.25, -0.2) is 9.78 Å². The van der Waals surface area contributed by atoms with Crippen LogP contribution in [0.25, 0.3) is 0 Å². The van der Waals surface area contributed by atoms with Crippen molar-refractivity contribution in [3.05, 3.63) is 58.8 Å². The molecular weight excluding hydrogens is 270 g/mol. The van der Waals surface area contributed by atoms with Crippen molar-refractivity contribution >= 4 is 17.7 Å². The molecule has 0 N–H and O–H groups in total. The minimum absolute atomic E-state index is 0.305. The molecule has 0 unspecified atom stereocenters. The number of carbonyl (C=O) groups excluding carboxylic acids is 1. The first-order valence-electron chi connectivity index (χ1n) is 6.34. The molecule has 1 aromatic carbocycles. The Balaban J connectivity index is 2.02. The van der Waals surface area contributed by atoms with E-state index < -0.39 is 0 Å².